The van der Waals surface area contributed by atoms with Crippen molar-refractivity contribution in [3.8, 4) is 5.75 Å². The molecule has 0 aromatic heterocycles. The molecule has 0 aliphatic rings. The van der Waals surface area contributed by atoms with Crippen LogP contribution in [-0.2, 0) is 9.53 Å². The number of benzene rings is 1. The lowest BCUT2D eigenvalue weighted by molar-refractivity contribution is -0.151. The molecule has 19 heavy (non-hydrogen) atoms. The fourth-order valence-corrected chi connectivity index (χ4v) is 1.69. The van der Waals surface area contributed by atoms with Crippen LogP contribution in [-0.4, -0.2) is 24.5 Å². The Labute approximate surface area is 113 Å². The summed E-state index contributed by atoms with van der Waals surface area (Å²) in [4.78, 5) is 22.9. The molecule has 1 rings (SSSR count). The van der Waals surface area contributed by atoms with Crippen molar-refractivity contribution < 1.29 is 19.1 Å². The third-order valence-electron chi connectivity index (χ3n) is 2.77. The molecule has 0 saturated carbocycles. The summed E-state index contributed by atoms with van der Waals surface area (Å²) in [6.07, 6.45) is -0.0750. The van der Waals surface area contributed by atoms with Gasteiger partial charge in [0.2, 0.25) is 0 Å². The van der Waals surface area contributed by atoms with Gasteiger partial charge >= 0.3 is 5.97 Å². The van der Waals surface area contributed by atoms with E-state index in [2.05, 4.69) is 0 Å². The molecule has 4 heteroatoms. The van der Waals surface area contributed by atoms with Gasteiger partial charge < -0.3 is 9.47 Å². The van der Waals surface area contributed by atoms with Gasteiger partial charge in [-0.15, -0.1) is 0 Å². The molecule has 0 saturated heterocycles. The van der Waals surface area contributed by atoms with Gasteiger partial charge in [0.05, 0.1) is 6.61 Å². The molecule has 0 amide bonds. The van der Waals surface area contributed by atoms with E-state index in [9.17, 15) is 9.59 Å². The minimum absolute atomic E-state index is 0.00656. The molecule has 1 aromatic carbocycles. The SMILES string of the molecule is CCOC(=O)C(CC)Oc1ccc(C(C)=O)cc1C. The fourth-order valence-electron chi connectivity index (χ4n) is 1.69. The Morgan fingerprint density at radius 1 is 1.26 bits per heavy atom. The van der Waals surface area contributed by atoms with E-state index in [0.717, 1.165) is 5.56 Å². The molecule has 0 radical (unpaired) electrons. The first kappa shape index (κ1) is 15.2. The number of hydrogen-bond acceptors (Lipinski definition) is 4. The van der Waals surface area contributed by atoms with E-state index in [4.69, 9.17) is 9.47 Å². The number of hydrogen-bond donors (Lipinski definition) is 0. The third-order valence-corrected chi connectivity index (χ3v) is 2.77. The number of esters is 1. The third kappa shape index (κ3) is 4.09. The van der Waals surface area contributed by atoms with Gasteiger partial charge in [-0.1, -0.05) is 6.92 Å². The first-order valence-corrected chi connectivity index (χ1v) is 6.44. The second-order valence-corrected chi connectivity index (χ2v) is 4.30. The second-order valence-electron chi connectivity index (χ2n) is 4.30. The number of carbonyl (C=O) groups is 2. The molecule has 1 unspecified atom stereocenters. The van der Waals surface area contributed by atoms with Crippen LogP contribution in [0.3, 0.4) is 0 Å². The first-order valence-electron chi connectivity index (χ1n) is 6.44. The molecular formula is C15H20O4. The minimum Gasteiger partial charge on any atom is -0.478 e. The van der Waals surface area contributed by atoms with Crippen LogP contribution in [0.4, 0.5) is 0 Å². The number of ketones is 1. The number of aryl methyl sites for hydroxylation is 1. The lowest BCUT2D eigenvalue weighted by Gasteiger charge is -2.17. The van der Waals surface area contributed by atoms with Crippen molar-refractivity contribution in [1.82, 2.24) is 0 Å². The van der Waals surface area contributed by atoms with Crippen LogP contribution in [0.15, 0.2) is 18.2 Å². The summed E-state index contributed by atoms with van der Waals surface area (Å²) in [5.41, 5.74) is 1.46. The maximum Gasteiger partial charge on any atom is 0.347 e. The molecule has 104 valence electrons. The number of carbonyl (C=O) groups excluding carboxylic acids is 2. The monoisotopic (exact) mass is 264 g/mol. The highest BCUT2D eigenvalue weighted by Crippen LogP contribution is 2.21. The Morgan fingerprint density at radius 2 is 1.95 bits per heavy atom. The summed E-state index contributed by atoms with van der Waals surface area (Å²) in [5, 5.41) is 0. The Balaban J connectivity index is 2.86. The lowest BCUT2D eigenvalue weighted by Crippen LogP contribution is -2.28. The minimum atomic E-state index is -0.609. The van der Waals surface area contributed by atoms with Gasteiger partial charge in [0.1, 0.15) is 5.75 Å². The van der Waals surface area contributed by atoms with Crippen LogP contribution in [0.5, 0.6) is 5.75 Å². The summed E-state index contributed by atoms with van der Waals surface area (Å²) in [5.74, 6) is 0.247. The van der Waals surface area contributed by atoms with Gasteiger partial charge in [0.25, 0.3) is 0 Å². The van der Waals surface area contributed by atoms with Gasteiger partial charge in [0.15, 0.2) is 11.9 Å². The Hall–Kier alpha value is -1.84. The van der Waals surface area contributed by atoms with Crippen molar-refractivity contribution in [1.29, 1.82) is 0 Å². The van der Waals surface area contributed by atoms with Crippen molar-refractivity contribution in [2.75, 3.05) is 6.61 Å². The molecule has 0 bridgehead atoms. The maximum absolute atomic E-state index is 11.7. The first-order chi connectivity index (χ1) is 8.99. The Kier molecular flexibility index (Phi) is 5.55. The molecule has 1 aromatic rings. The highest BCUT2D eigenvalue weighted by Gasteiger charge is 2.20. The molecule has 4 nitrogen and oxygen atoms in total. The zero-order valence-corrected chi connectivity index (χ0v) is 11.9. The van der Waals surface area contributed by atoms with Crippen molar-refractivity contribution in [3.05, 3.63) is 29.3 Å². The number of ether oxygens (including phenoxy) is 2. The molecule has 0 aliphatic heterocycles. The number of rotatable bonds is 6. The quantitative estimate of drug-likeness (QED) is 0.585. The summed E-state index contributed by atoms with van der Waals surface area (Å²) < 4.78 is 10.6. The average molecular weight is 264 g/mol. The van der Waals surface area contributed by atoms with Crippen LogP contribution < -0.4 is 4.74 Å². The van der Waals surface area contributed by atoms with E-state index in [1.54, 1.807) is 25.1 Å². The van der Waals surface area contributed by atoms with E-state index in [1.165, 1.54) is 6.92 Å². The van der Waals surface area contributed by atoms with Crippen LogP contribution >= 0.6 is 0 Å². The Morgan fingerprint density at radius 3 is 2.42 bits per heavy atom. The summed E-state index contributed by atoms with van der Waals surface area (Å²) in [6.45, 7) is 7.32. The smallest absolute Gasteiger partial charge is 0.347 e. The molecular weight excluding hydrogens is 244 g/mol. The topological polar surface area (TPSA) is 52.6 Å². The molecule has 0 aliphatic carbocycles. The maximum atomic E-state index is 11.7. The van der Waals surface area contributed by atoms with Gasteiger partial charge in [-0.25, -0.2) is 4.79 Å². The van der Waals surface area contributed by atoms with E-state index in [0.29, 0.717) is 24.3 Å². The van der Waals surface area contributed by atoms with Crippen molar-refractivity contribution in [2.45, 2.75) is 40.2 Å². The van der Waals surface area contributed by atoms with Gasteiger partial charge in [-0.05, 0) is 51.0 Å². The highest BCUT2D eigenvalue weighted by molar-refractivity contribution is 5.94. The van der Waals surface area contributed by atoms with Crippen LogP contribution in [0.1, 0.15) is 43.1 Å². The average Bonchev–Trinajstić information content (AvgIpc) is 2.37. The molecule has 0 fully saturated rings. The highest BCUT2D eigenvalue weighted by atomic mass is 16.6. The van der Waals surface area contributed by atoms with Crippen molar-refractivity contribution in [3.63, 3.8) is 0 Å². The summed E-state index contributed by atoms with van der Waals surface area (Å²) in [6, 6.07) is 5.17. The predicted octanol–water partition coefficient (Wildman–Crippen LogP) is 2.92. The van der Waals surface area contributed by atoms with Crippen molar-refractivity contribution >= 4 is 11.8 Å². The zero-order chi connectivity index (χ0) is 14.4. The van der Waals surface area contributed by atoms with E-state index in [1.807, 2.05) is 13.8 Å². The van der Waals surface area contributed by atoms with Crippen LogP contribution in [0, 0.1) is 6.92 Å². The van der Waals surface area contributed by atoms with Gasteiger partial charge in [-0.3, -0.25) is 4.79 Å². The van der Waals surface area contributed by atoms with Gasteiger partial charge in [-0.2, -0.15) is 0 Å². The van der Waals surface area contributed by atoms with E-state index < -0.39 is 6.10 Å². The largest absolute Gasteiger partial charge is 0.478 e. The normalized spacial score (nSPS) is 11.8. The lowest BCUT2D eigenvalue weighted by atomic mass is 10.1. The summed E-state index contributed by atoms with van der Waals surface area (Å²) in [7, 11) is 0. The Bertz CT molecular complexity index is 465. The summed E-state index contributed by atoms with van der Waals surface area (Å²) >= 11 is 0. The number of Topliss-reactive ketones (excluding diaryl/α,β-unsaturated/α-hetero) is 1. The molecule has 1 atom stereocenters. The van der Waals surface area contributed by atoms with E-state index in [-0.39, 0.29) is 11.8 Å². The molecule has 0 spiro atoms. The zero-order valence-electron chi connectivity index (χ0n) is 11.9. The van der Waals surface area contributed by atoms with E-state index >= 15 is 0 Å². The predicted molar refractivity (Wildman–Crippen MR) is 72.5 cm³/mol. The standard InChI is InChI=1S/C15H20O4/c1-5-13(15(17)18-6-2)19-14-8-7-12(11(4)16)9-10(14)3/h7-9,13H,5-6H2,1-4H3. The second kappa shape index (κ2) is 6.92. The van der Waals surface area contributed by atoms with Gasteiger partial charge in [0, 0.05) is 5.56 Å². The van der Waals surface area contributed by atoms with Crippen molar-refractivity contribution in [2.24, 2.45) is 0 Å². The van der Waals surface area contributed by atoms with Crippen LogP contribution in [0.2, 0.25) is 0 Å². The fraction of sp³-hybridized carbons (Fsp3) is 0.467. The van der Waals surface area contributed by atoms with Crippen LogP contribution in [0.25, 0.3) is 0 Å². The molecule has 0 heterocycles. The molecule has 0 N–H and O–H groups in total.